The van der Waals surface area contributed by atoms with Gasteiger partial charge in [-0.1, -0.05) is 15.9 Å². The summed E-state index contributed by atoms with van der Waals surface area (Å²) in [5, 5.41) is 0. The van der Waals surface area contributed by atoms with Gasteiger partial charge in [0, 0.05) is 4.47 Å². The molecule has 0 N–H and O–H groups in total. The van der Waals surface area contributed by atoms with E-state index in [1.54, 1.807) is 12.1 Å². The number of hydrogen-bond donors (Lipinski definition) is 0. The average molecular weight is 317 g/mol. The second-order valence-corrected chi connectivity index (χ2v) is 5.38. The Morgan fingerprint density at radius 2 is 2.22 bits per heavy atom. The van der Waals surface area contributed by atoms with Gasteiger partial charge in [-0.05, 0) is 37.5 Å². The van der Waals surface area contributed by atoms with Gasteiger partial charge in [0.05, 0.1) is 13.5 Å². The molecule has 0 saturated heterocycles. The number of benzene rings is 1. The first-order chi connectivity index (χ1) is 8.54. The smallest absolute Gasteiger partial charge is 0.309 e. The molecule has 18 heavy (non-hydrogen) atoms. The Hall–Kier alpha value is -1.10. The van der Waals surface area contributed by atoms with E-state index in [0.29, 0.717) is 4.47 Å². The lowest BCUT2D eigenvalue weighted by molar-refractivity contribution is -0.148. The lowest BCUT2D eigenvalue weighted by Crippen LogP contribution is -2.45. The Balaban J connectivity index is 2.12. The maximum absolute atomic E-state index is 13.7. The Bertz CT molecular complexity index is 458. The summed E-state index contributed by atoms with van der Waals surface area (Å²) in [4.78, 5) is 11.3. The summed E-state index contributed by atoms with van der Waals surface area (Å²) in [6.07, 6.45) is 2.64. The summed E-state index contributed by atoms with van der Waals surface area (Å²) >= 11 is 3.19. The van der Waals surface area contributed by atoms with E-state index >= 15 is 0 Å². The largest absolute Gasteiger partial charge is 0.484 e. The number of carbonyl (C=O) groups excluding carboxylic acids is 1. The highest BCUT2D eigenvalue weighted by Crippen LogP contribution is 2.40. The van der Waals surface area contributed by atoms with Crippen LogP contribution >= 0.6 is 15.9 Å². The minimum absolute atomic E-state index is 0.166. The van der Waals surface area contributed by atoms with Crippen LogP contribution in [0.5, 0.6) is 5.75 Å². The normalized spacial score (nSPS) is 16.8. The van der Waals surface area contributed by atoms with E-state index in [-0.39, 0.29) is 18.1 Å². The highest BCUT2D eigenvalue weighted by Gasteiger charge is 2.42. The summed E-state index contributed by atoms with van der Waals surface area (Å²) in [5.74, 6) is -0.575. The second-order valence-electron chi connectivity index (χ2n) is 4.47. The molecule has 5 heteroatoms. The molecule has 0 unspecified atom stereocenters. The van der Waals surface area contributed by atoms with Gasteiger partial charge >= 0.3 is 5.97 Å². The van der Waals surface area contributed by atoms with Crippen molar-refractivity contribution in [1.82, 2.24) is 0 Å². The first-order valence-corrected chi connectivity index (χ1v) is 6.55. The van der Waals surface area contributed by atoms with Crippen molar-refractivity contribution in [1.29, 1.82) is 0 Å². The zero-order chi connectivity index (χ0) is 13.2. The van der Waals surface area contributed by atoms with Gasteiger partial charge in [-0.2, -0.15) is 0 Å². The molecule has 0 spiro atoms. The van der Waals surface area contributed by atoms with E-state index in [1.807, 2.05) is 0 Å². The number of carbonyl (C=O) groups is 1. The van der Waals surface area contributed by atoms with Gasteiger partial charge in [0.1, 0.15) is 5.60 Å². The molecule has 98 valence electrons. The van der Waals surface area contributed by atoms with Crippen LogP contribution in [0.2, 0.25) is 0 Å². The zero-order valence-corrected chi connectivity index (χ0v) is 11.6. The Kier molecular flexibility index (Phi) is 3.90. The first-order valence-electron chi connectivity index (χ1n) is 5.75. The van der Waals surface area contributed by atoms with Crippen LogP contribution in [0.3, 0.4) is 0 Å². The minimum atomic E-state index is -0.595. The number of halogens is 2. The molecule has 0 amide bonds. The highest BCUT2D eigenvalue weighted by molar-refractivity contribution is 9.10. The molecule has 1 aromatic carbocycles. The third-order valence-corrected chi connectivity index (χ3v) is 3.67. The summed E-state index contributed by atoms with van der Waals surface area (Å²) in [7, 11) is 1.34. The average Bonchev–Trinajstić information content (AvgIpc) is 2.29. The van der Waals surface area contributed by atoms with Crippen LogP contribution in [0.1, 0.15) is 25.7 Å². The van der Waals surface area contributed by atoms with Crippen molar-refractivity contribution in [3.05, 3.63) is 28.5 Å². The quantitative estimate of drug-likeness (QED) is 0.798. The Morgan fingerprint density at radius 1 is 1.50 bits per heavy atom. The van der Waals surface area contributed by atoms with Gasteiger partial charge in [0.2, 0.25) is 0 Å². The van der Waals surface area contributed by atoms with Crippen molar-refractivity contribution in [3.8, 4) is 5.75 Å². The van der Waals surface area contributed by atoms with Gasteiger partial charge in [0.25, 0.3) is 0 Å². The van der Waals surface area contributed by atoms with E-state index in [1.165, 1.54) is 13.2 Å². The van der Waals surface area contributed by atoms with Crippen molar-refractivity contribution in [2.75, 3.05) is 7.11 Å². The number of esters is 1. The SMILES string of the molecule is COC(=O)CC1(Oc2ccc(Br)cc2F)CCC1. The van der Waals surface area contributed by atoms with Gasteiger partial charge in [-0.15, -0.1) is 0 Å². The van der Waals surface area contributed by atoms with Crippen molar-refractivity contribution >= 4 is 21.9 Å². The maximum Gasteiger partial charge on any atom is 0.309 e. The maximum atomic E-state index is 13.7. The van der Waals surface area contributed by atoms with E-state index in [2.05, 4.69) is 20.7 Å². The van der Waals surface area contributed by atoms with Crippen LogP contribution in [-0.4, -0.2) is 18.7 Å². The second kappa shape index (κ2) is 5.26. The number of ether oxygens (including phenoxy) is 2. The monoisotopic (exact) mass is 316 g/mol. The van der Waals surface area contributed by atoms with Crippen LogP contribution in [0.25, 0.3) is 0 Å². The molecule has 1 fully saturated rings. The molecule has 1 aliphatic rings. The van der Waals surface area contributed by atoms with E-state index < -0.39 is 11.4 Å². The predicted octanol–water partition coefficient (Wildman–Crippen LogP) is 3.45. The van der Waals surface area contributed by atoms with Crippen molar-refractivity contribution in [2.45, 2.75) is 31.3 Å². The first kappa shape index (κ1) is 13.3. The number of methoxy groups -OCH3 is 1. The Morgan fingerprint density at radius 3 is 2.72 bits per heavy atom. The standard InChI is InChI=1S/C13H14BrFO3/c1-17-12(16)8-13(5-2-6-13)18-11-4-3-9(14)7-10(11)15/h3-4,7H,2,5-6,8H2,1H3. The molecule has 0 heterocycles. The van der Waals surface area contributed by atoms with Gasteiger partial charge in [0.15, 0.2) is 11.6 Å². The molecule has 0 bridgehead atoms. The summed E-state index contributed by atoms with van der Waals surface area (Å²) in [5.41, 5.74) is -0.595. The number of hydrogen-bond acceptors (Lipinski definition) is 3. The van der Waals surface area contributed by atoms with Crippen molar-refractivity contribution in [2.24, 2.45) is 0 Å². The zero-order valence-electron chi connectivity index (χ0n) is 10.0. The topological polar surface area (TPSA) is 35.5 Å². The third kappa shape index (κ3) is 2.83. The Labute approximate surface area is 113 Å². The van der Waals surface area contributed by atoms with Crippen LogP contribution in [-0.2, 0) is 9.53 Å². The highest BCUT2D eigenvalue weighted by atomic mass is 79.9. The molecule has 1 aromatic rings. The van der Waals surface area contributed by atoms with Crippen LogP contribution in [0.15, 0.2) is 22.7 Å². The fourth-order valence-corrected chi connectivity index (χ4v) is 2.35. The fourth-order valence-electron chi connectivity index (χ4n) is 2.01. The molecule has 0 aromatic heterocycles. The summed E-state index contributed by atoms with van der Waals surface area (Å²) in [6, 6.07) is 4.62. The fraction of sp³-hybridized carbons (Fsp3) is 0.462. The van der Waals surface area contributed by atoms with Crippen molar-refractivity contribution in [3.63, 3.8) is 0 Å². The summed E-state index contributed by atoms with van der Waals surface area (Å²) < 4.78 is 24.7. The molecular weight excluding hydrogens is 303 g/mol. The van der Waals surface area contributed by atoms with Gasteiger partial charge < -0.3 is 9.47 Å². The predicted molar refractivity (Wildman–Crippen MR) is 67.9 cm³/mol. The van der Waals surface area contributed by atoms with Crippen LogP contribution in [0, 0.1) is 5.82 Å². The third-order valence-electron chi connectivity index (χ3n) is 3.18. The van der Waals surface area contributed by atoms with Crippen LogP contribution in [0.4, 0.5) is 4.39 Å². The van der Waals surface area contributed by atoms with E-state index in [0.717, 1.165) is 19.3 Å². The molecule has 3 nitrogen and oxygen atoms in total. The summed E-state index contributed by atoms with van der Waals surface area (Å²) in [6.45, 7) is 0. The van der Waals surface area contributed by atoms with Gasteiger partial charge in [-0.3, -0.25) is 4.79 Å². The minimum Gasteiger partial charge on any atom is -0.484 e. The molecule has 2 rings (SSSR count). The molecule has 0 atom stereocenters. The molecule has 1 saturated carbocycles. The molecule has 1 aliphatic carbocycles. The molecule has 0 radical (unpaired) electrons. The van der Waals surface area contributed by atoms with Crippen LogP contribution < -0.4 is 4.74 Å². The van der Waals surface area contributed by atoms with E-state index in [9.17, 15) is 9.18 Å². The van der Waals surface area contributed by atoms with Gasteiger partial charge in [-0.25, -0.2) is 4.39 Å². The lowest BCUT2D eigenvalue weighted by Gasteiger charge is -2.41. The lowest BCUT2D eigenvalue weighted by atomic mass is 9.77. The molecule has 0 aliphatic heterocycles. The number of rotatable bonds is 4. The molecular formula is C13H14BrFO3. The van der Waals surface area contributed by atoms with E-state index in [4.69, 9.17) is 4.74 Å². The van der Waals surface area contributed by atoms with Crippen molar-refractivity contribution < 1.29 is 18.7 Å².